The molecule has 0 N–H and O–H groups in total. The SMILES string of the molecule is CC1CCN(C(=O)c2ccc(F)c(S)c2)CC1C. The summed E-state index contributed by atoms with van der Waals surface area (Å²) in [6.45, 7) is 5.94. The maximum absolute atomic E-state index is 13.1. The van der Waals surface area contributed by atoms with Crippen LogP contribution in [0.15, 0.2) is 23.1 Å². The van der Waals surface area contributed by atoms with Crippen LogP contribution in [0.4, 0.5) is 4.39 Å². The van der Waals surface area contributed by atoms with Crippen LogP contribution in [0, 0.1) is 17.7 Å². The molecule has 1 aromatic carbocycles. The van der Waals surface area contributed by atoms with Gasteiger partial charge in [-0.1, -0.05) is 13.8 Å². The van der Waals surface area contributed by atoms with Gasteiger partial charge in [0.15, 0.2) is 0 Å². The van der Waals surface area contributed by atoms with Gasteiger partial charge in [-0.25, -0.2) is 4.39 Å². The Morgan fingerprint density at radius 3 is 2.72 bits per heavy atom. The third-order valence-corrected chi connectivity index (χ3v) is 4.16. The van der Waals surface area contributed by atoms with Crippen molar-refractivity contribution in [2.75, 3.05) is 13.1 Å². The maximum atomic E-state index is 13.1. The zero-order valence-corrected chi connectivity index (χ0v) is 11.6. The number of piperidine rings is 1. The van der Waals surface area contributed by atoms with Crippen molar-refractivity contribution in [2.45, 2.75) is 25.2 Å². The minimum atomic E-state index is -0.393. The van der Waals surface area contributed by atoms with Gasteiger partial charge in [0.2, 0.25) is 0 Å². The predicted octanol–water partition coefficient (Wildman–Crippen LogP) is 3.23. The number of hydrogen-bond acceptors (Lipinski definition) is 2. The normalized spacial score (nSPS) is 24.1. The number of hydrogen-bond donors (Lipinski definition) is 1. The van der Waals surface area contributed by atoms with Gasteiger partial charge >= 0.3 is 0 Å². The Bertz CT molecular complexity index is 463. The number of likely N-dealkylation sites (tertiary alicyclic amines) is 1. The van der Waals surface area contributed by atoms with Crippen molar-refractivity contribution in [3.63, 3.8) is 0 Å². The highest BCUT2D eigenvalue weighted by Crippen LogP contribution is 2.24. The first-order valence-corrected chi connectivity index (χ1v) is 6.71. The number of thiol groups is 1. The molecule has 0 aromatic heterocycles. The van der Waals surface area contributed by atoms with Crippen molar-refractivity contribution in [1.82, 2.24) is 4.90 Å². The van der Waals surface area contributed by atoms with Crippen LogP contribution in [-0.2, 0) is 0 Å². The molecule has 0 radical (unpaired) electrons. The van der Waals surface area contributed by atoms with E-state index in [0.717, 1.165) is 19.5 Å². The molecule has 1 saturated heterocycles. The van der Waals surface area contributed by atoms with Gasteiger partial charge in [-0.3, -0.25) is 4.79 Å². The van der Waals surface area contributed by atoms with Crippen molar-refractivity contribution < 1.29 is 9.18 Å². The lowest BCUT2D eigenvalue weighted by Crippen LogP contribution is -2.42. The summed E-state index contributed by atoms with van der Waals surface area (Å²) >= 11 is 4.01. The Labute approximate surface area is 113 Å². The number of carbonyl (C=O) groups excluding carboxylic acids is 1. The maximum Gasteiger partial charge on any atom is 0.253 e. The van der Waals surface area contributed by atoms with E-state index in [1.54, 1.807) is 0 Å². The molecule has 4 heteroatoms. The summed E-state index contributed by atoms with van der Waals surface area (Å²) in [4.78, 5) is 14.4. The van der Waals surface area contributed by atoms with Crippen LogP contribution < -0.4 is 0 Å². The first kappa shape index (κ1) is 13.4. The number of halogens is 1. The molecule has 2 unspecified atom stereocenters. The molecular weight excluding hydrogens is 249 g/mol. The Balaban J connectivity index is 2.14. The summed E-state index contributed by atoms with van der Waals surface area (Å²) in [6, 6.07) is 4.33. The van der Waals surface area contributed by atoms with E-state index in [2.05, 4.69) is 26.5 Å². The van der Waals surface area contributed by atoms with Gasteiger partial charge in [0.1, 0.15) is 5.82 Å². The minimum Gasteiger partial charge on any atom is -0.338 e. The zero-order valence-electron chi connectivity index (χ0n) is 10.7. The molecule has 18 heavy (non-hydrogen) atoms. The van der Waals surface area contributed by atoms with Crippen LogP contribution in [0.1, 0.15) is 30.6 Å². The highest BCUT2D eigenvalue weighted by atomic mass is 32.1. The first-order valence-electron chi connectivity index (χ1n) is 6.27. The van der Waals surface area contributed by atoms with Crippen molar-refractivity contribution in [1.29, 1.82) is 0 Å². The van der Waals surface area contributed by atoms with E-state index in [1.165, 1.54) is 18.2 Å². The zero-order chi connectivity index (χ0) is 13.3. The van der Waals surface area contributed by atoms with Crippen LogP contribution in [0.3, 0.4) is 0 Å². The van der Waals surface area contributed by atoms with Crippen molar-refractivity contribution >= 4 is 18.5 Å². The second-order valence-electron chi connectivity index (χ2n) is 5.16. The molecule has 0 spiro atoms. The first-order chi connectivity index (χ1) is 8.49. The fraction of sp³-hybridized carbons (Fsp3) is 0.500. The summed E-state index contributed by atoms with van der Waals surface area (Å²) in [6.07, 6.45) is 1.03. The van der Waals surface area contributed by atoms with E-state index < -0.39 is 5.82 Å². The smallest absolute Gasteiger partial charge is 0.253 e. The third kappa shape index (κ3) is 2.69. The number of carbonyl (C=O) groups is 1. The van der Waals surface area contributed by atoms with E-state index in [4.69, 9.17) is 0 Å². The molecule has 0 bridgehead atoms. The average molecular weight is 267 g/mol. The van der Waals surface area contributed by atoms with Crippen LogP contribution in [-0.4, -0.2) is 23.9 Å². The standard InChI is InChI=1S/C14H18FNOS/c1-9-5-6-16(8-10(9)2)14(17)11-3-4-12(15)13(18)7-11/h3-4,7,9-10,18H,5-6,8H2,1-2H3. The second-order valence-corrected chi connectivity index (χ2v) is 5.64. The van der Waals surface area contributed by atoms with Crippen LogP contribution in [0.5, 0.6) is 0 Å². The van der Waals surface area contributed by atoms with Crippen LogP contribution in [0.2, 0.25) is 0 Å². The van der Waals surface area contributed by atoms with Gasteiger partial charge in [0.05, 0.1) is 0 Å². The molecule has 1 fully saturated rings. The second kappa shape index (κ2) is 5.31. The van der Waals surface area contributed by atoms with E-state index in [1.807, 2.05) is 4.90 Å². The topological polar surface area (TPSA) is 20.3 Å². The van der Waals surface area contributed by atoms with Crippen LogP contribution in [0.25, 0.3) is 0 Å². The number of benzene rings is 1. The third-order valence-electron chi connectivity index (χ3n) is 3.81. The Morgan fingerprint density at radius 1 is 1.39 bits per heavy atom. The van der Waals surface area contributed by atoms with Gasteiger partial charge in [-0.2, -0.15) is 0 Å². The average Bonchev–Trinajstić information content (AvgIpc) is 2.35. The molecule has 2 rings (SSSR count). The van der Waals surface area contributed by atoms with Gasteiger partial charge in [-0.15, -0.1) is 12.6 Å². The molecule has 98 valence electrons. The predicted molar refractivity (Wildman–Crippen MR) is 72.5 cm³/mol. The van der Waals surface area contributed by atoms with Crippen molar-refractivity contribution in [2.24, 2.45) is 11.8 Å². The number of rotatable bonds is 1. The van der Waals surface area contributed by atoms with Gasteiger partial charge in [-0.05, 0) is 36.5 Å². The summed E-state index contributed by atoms with van der Waals surface area (Å²) in [7, 11) is 0. The lowest BCUT2D eigenvalue weighted by atomic mass is 9.88. The molecule has 1 amide bonds. The molecule has 1 aliphatic rings. The largest absolute Gasteiger partial charge is 0.338 e. The van der Waals surface area contributed by atoms with Gasteiger partial charge in [0, 0.05) is 23.5 Å². The Hall–Kier alpha value is -1.03. The lowest BCUT2D eigenvalue weighted by Gasteiger charge is -2.35. The van der Waals surface area contributed by atoms with E-state index in [-0.39, 0.29) is 10.8 Å². The summed E-state index contributed by atoms with van der Waals surface area (Å²) in [5, 5.41) is 0. The van der Waals surface area contributed by atoms with E-state index in [9.17, 15) is 9.18 Å². The molecule has 1 heterocycles. The monoisotopic (exact) mass is 267 g/mol. The fourth-order valence-corrected chi connectivity index (χ4v) is 2.49. The van der Waals surface area contributed by atoms with E-state index >= 15 is 0 Å². The van der Waals surface area contributed by atoms with Gasteiger partial charge < -0.3 is 4.90 Å². The van der Waals surface area contributed by atoms with E-state index in [0.29, 0.717) is 17.4 Å². The Morgan fingerprint density at radius 2 is 2.11 bits per heavy atom. The summed E-state index contributed by atoms with van der Waals surface area (Å²) in [5.41, 5.74) is 0.517. The highest BCUT2D eigenvalue weighted by Gasteiger charge is 2.26. The molecule has 1 aromatic rings. The number of nitrogens with zero attached hydrogens (tertiary/aromatic N) is 1. The highest BCUT2D eigenvalue weighted by molar-refractivity contribution is 7.80. The summed E-state index contributed by atoms with van der Waals surface area (Å²) in [5.74, 6) is 0.751. The minimum absolute atomic E-state index is 0.0240. The molecule has 2 nitrogen and oxygen atoms in total. The fourth-order valence-electron chi connectivity index (χ4n) is 2.28. The molecule has 2 atom stereocenters. The van der Waals surface area contributed by atoms with Crippen molar-refractivity contribution in [3.8, 4) is 0 Å². The molecule has 1 aliphatic heterocycles. The Kier molecular flexibility index (Phi) is 3.95. The van der Waals surface area contributed by atoms with Crippen molar-refractivity contribution in [3.05, 3.63) is 29.6 Å². The molecular formula is C14H18FNOS. The van der Waals surface area contributed by atoms with Gasteiger partial charge in [0.25, 0.3) is 5.91 Å². The molecule has 0 aliphatic carbocycles. The molecule has 0 saturated carbocycles. The van der Waals surface area contributed by atoms with Crippen LogP contribution >= 0.6 is 12.6 Å². The summed E-state index contributed by atoms with van der Waals surface area (Å²) < 4.78 is 13.1. The quantitative estimate of drug-likeness (QED) is 0.775. The lowest BCUT2D eigenvalue weighted by molar-refractivity contribution is 0.0627. The number of amides is 1.